The van der Waals surface area contributed by atoms with E-state index in [0.29, 0.717) is 11.5 Å². The van der Waals surface area contributed by atoms with Gasteiger partial charge in [-0.3, -0.25) is 4.90 Å². The molecule has 22 heavy (non-hydrogen) atoms. The van der Waals surface area contributed by atoms with Gasteiger partial charge in [0.15, 0.2) is 0 Å². The van der Waals surface area contributed by atoms with Gasteiger partial charge in [0.05, 0.1) is 14.2 Å². The highest BCUT2D eigenvalue weighted by Crippen LogP contribution is 2.41. The number of rotatable bonds is 5. The predicted octanol–water partition coefficient (Wildman–Crippen LogP) is 2.84. The summed E-state index contributed by atoms with van der Waals surface area (Å²) in [6.45, 7) is 7.03. The van der Waals surface area contributed by atoms with Crippen molar-refractivity contribution in [3.8, 4) is 11.5 Å². The normalized spacial score (nSPS) is 29.0. The first-order valence-electron chi connectivity index (χ1n) is 8.32. The van der Waals surface area contributed by atoms with Gasteiger partial charge in [0.1, 0.15) is 11.5 Å². The van der Waals surface area contributed by atoms with Gasteiger partial charge in [0.25, 0.3) is 0 Å². The molecule has 2 saturated heterocycles. The molecule has 1 aromatic carbocycles. The van der Waals surface area contributed by atoms with E-state index < -0.39 is 0 Å². The van der Waals surface area contributed by atoms with Crippen LogP contribution < -0.4 is 14.8 Å². The lowest BCUT2D eigenvalue weighted by Crippen LogP contribution is -2.37. The molecule has 2 fully saturated rings. The molecule has 3 rings (SSSR count). The highest BCUT2D eigenvalue weighted by molar-refractivity contribution is 5.42. The highest BCUT2D eigenvalue weighted by Gasteiger charge is 2.36. The van der Waals surface area contributed by atoms with Crippen LogP contribution in [-0.2, 0) is 0 Å². The summed E-state index contributed by atoms with van der Waals surface area (Å²) in [6.07, 6.45) is 3.73. The number of ether oxygens (including phenoxy) is 2. The maximum Gasteiger partial charge on any atom is 0.123 e. The molecule has 0 bridgehead atoms. The van der Waals surface area contributed by atoms with Gasteiger partial charge >= 0.3 is 0 Å². The van der Waals surface area contributed by atoms with Crippen molar-refractivity contribution in [1.29, 1.82) is 0 Å². The van der Waals surface area contributed by atoms with Gasteiger partial charge in [-0.1, -0.05) is 6.92 Å². The fourth-order valence-electron chi connectivity index (χ4n) is 3.96. The van der Waals surface area contributed by atoms with Crippen molar-refractivity contribution in [2.45, 2.75) is 32.2 Å². The Balaban J connectivity index is 1.83. The van der Waals surface area contributed by atoms with Crippen LogP contribution in [0.5, 0.6) is 11.5 Å². The van der Waals surface area contributed by atoms with Gasteiger partial charge in [0, 0.05) is 24.7 Å². The number of methoxy groups -OCH3 is 2. The van der Waals surface area contributed by atoms with Crippen molar-refractivity contribution in [3.05, 3.63) is 23.8 Å². The van der Waals surface area contributed by atoms with E-state index in [-0.39, 0.29) is 0 Å². The van der Waals surface area contributed by atoms with E-state index in [1.54, 1.807) is 14.2 Å². The van der Waals surface area contributed by atoms with E-state index in [9.17, 15) is 0 Å². The molecule has 0 radical (unpaired) electrons. The van der Waals surface area contributed by atoms with Crippen molar-refractivity contribution in [2.24, 2.45) is 5.41 Å². The molecule has 1 N–H and O–H groups in total. The van der Waals surface area contributed by atoms with Crippen molar-refractivity contribution in [1.82, 2.24) is 10.2 Å². The van der Waals surface area contributed by atoms with Gasteiger partial charge < -0.3 is 14.8 Å². The third kappa shape index (κ3) is 3.08. The first-order valence-corrected chi connectivity index (χ1v) is 8.32. The van der Waals surface area contributed by atoms with Crippen LogP contribution in [0.3, 0.4) is 0 Å². The lowest BCUT2D eigenvalue weighted by atomic mass is 9.88. The van der Waals surface area contributed by atoms with E-state index in [1.165, 1.54) is 31.4 Å². The molecule has 0 aliphatic carbocycles. The molecular weight excluding hydrogens is 276 g/mol. The Morgan fingerprint density at radius 2 is 2.18 bits per heavy atom. The molecule has 122 valence electrons. The molecule has 2 aliphatic rings. The predicted molar refractivity (Wildman–Crippen MR) is 88.7 cm³/mol. The molecule has 0 spiro atoms. The number of nitrogens with zero attached hydrogens (tertiary/aromatic N) is 1. The zero-order valence-corrected chi connectivity index (χ0v) is 14.0. The molecule has 4 heteroatoms. The van der Waals surface area contributed by atoms with Gasteiger partial charge in [0.2, 0.25) is 0 Å². The summed E-state index contributed by atoms with van der Waals surface area (Å²) in [5.41, 5.74) is 1.67. The molecular formula is C18H28N2O2. The lowest BCUT2D eigenvalue weighted by molar-refractivity contribution is 0.163. The summed E-state index contributed by atoms with van der Waals surface area (Å²) in [6, 6.07) is 6.60. The van der Waals surface area contributed by atoms with Gasteiger partial charge in [-0.05, 0) is 56.0 Å². The average Bonchev–Trinajstić information content (AvgIpc) is 3.16. The van der Waals surface area contributed by atoms with E-state index >= 15 is 0 Å². The van der Waals surface area contributed by atoms with E-state index in [2.05, 4.69) is 23.2 Å². The summed E-state index contributed by atoms with van der Waals surface area (Å²) in [4.78, 5) is 2.64. The quantitative estimate of drug-likeness (QED) is 0.907. The van der Waals surface area contributed by atoms with Crippen LogP contribution in [0.15, 0.2) is 18.2 Å². The Bertz CT molecular complexity index is 512. The van der Waals surface area contributed by atoms with Crippen molar-refractivity contribution < 1.29 is 9.47 Å². The fraction of sp³-hybridized carbons (Fsp3) is 0.667. The molecule has 1 aromatic rings. The maximum absolute atomic E-state index is 5.61. The van der Waals surface area contributed by atoms with Gasteiger partial charge in [-0.25, -0.2) is 0 Å². The van der Waals surface area contributed by atoms with Crippen LogP contribution in [0.1, 0.15) is 37.8 Å². The monoisotopic (exact) mass is 304 g/mol. The molecule has 4 nitrogen and oxygen atoms in total. The van der Waals surface area contributed by atoms with Crippen molar-refractivity contribution >= 4 is 0 Å². The Labute approximate surface area is 133 Å². The molecule has 0 amide bonds. The second-order valence-corrected chi connectivity index (χ2v) is 6.97. The fourth-order valence-corrected chi connectivity index (χ4v) is 3.96. The van der Waals surface area contributed by atoms with Crippen LogP contribution in [0, 0.1) is 5.41 Å². The molecule has 0 saturated carbocycles. The molecule has 2 heterocycles. The zero-order valence-electron chi connectivity index (χ0n) is 14.0. The highest BCUT2D eigenvalue weighted by atomic mass is 16.5. The SMILES string of the molecule is COc1ccc(OC)c(C2CCCN2CC2(C)CCNC2)c1. The van der Waals surface area contributed by atoms with Gasteiger partial charge in [-0.15, -0.1) is 0 Å². The van der Waals surface area contributed by atoms with Crippen LogP contribution in [-0.4, -0.2) is 45.3 Å². The van der Waals surface area contributed by atoms with Gasteiger partial charge in [-0.2, -0.15) is 0 Å². The smallest absolute Gasteiger partial charge is 0.123 e. The summed E-state index contributed by atoms with van der Waals surface area (Å²) >= 11 is 0. The second-order valence-electron chi connectivity index (χ2n) is 6.97. The van der Waals surface area contributed by atoms with E-state index in [1.807, 2.05) is 12.1 Å². The van der Waals surface area contributed by atoms with E-state index in [0.717, 1.165) is 31.1 Å². The first-order chi connectivity index (χ1) is 10.6. The zero-order chi connectivity index (χ0) is 15.6. The Hall–Kier alpha value is -1.26. The Kier molecular flexibility index (Phi) is 4.59. The minimum absolute atomic E-state index is 0.398. The summed E-state index contributed by atoms with van der Waals surface area (Å²) in [5, 5.41) is 3.51. The van der Waals surface area contributed by atoms with Crippen molar-refractivity contribution in [3.63, 3.8) is 0 Å². The summed E-state index contributed by atoms with van der Waals surface area (Å²) in [7, 11) is 3.48. The number of hydrogen-bond donors (Lipinski definition) is 1. The van der Waals surface area contributed by atoms with Crippen LogP contribution in [0.25, 0.3) is 0 Å². The maximum atomic E-state index is 5.61. The topological polar surface area (TPSA) is 33.7 Å². The van der Waals surface area contributed by atoms with Crippen LogP contribution in [0.4, 0.5) is 0 Å². The van der Waals surface area contributed by atoms with Crippen LogP contribution >= 0.6 is 0 Å². The minimum atomic E-state index is 0.398. The standard InChI is InChI=1S/C18H28N2O2/c1-18(8-9-19-12-18)13-20-10-4-5-16(20)15-11-14(21-2)6-7-17(15)22-3/h6-7,11,16,19H,4-5,8-10,12-13H2,1-3H3. The molecule has 0 aromatic heterocycles. The third-order valence-corrected chi connectivity index (χ3v) is 5.20. The molecule has 2 aliphatic heterocycles. The van der Waals surface area contributed by atoms with E-state index in [4.69, 9.17) is 9.47 Å². The summed E-state index contributed by atoms with van der Waals surface area (Å²) in [5.74, 6) is 1.89. The summed E-state index contributed by atoms with van der Waals surface area (Å²) < 4.78 is 11.0. The average molecular weight is 304 g/mol. The van der Waals surface area contributed by atoms with Crippen LogP contribution in [0.2, 0.25) is 0 Å². The number of benzene rings is 1. The largest absolute Gasteiger partial charge is 0.497 e. The lowest BCUT2D eigenvalue weighted by Gasteiger charge is -2.33. The minimum Gasteiger partial charge on any atom is -0.497 e. The Morgan fingerprint density at radius 3 is 2.86 bits per heavy atom. The van der Waals surface area contributed by atoms with Crippen molar-refractivity contribution in [2.75, 3.05) is 40.4 Å². The molecule has 2 unspecified atom stereocenters. The second kappa shape index (κ2) is 6.47. The number of nitrogens with one attached hydrogen (secondary N) is 1. The Morgan fingerprint density at radius 1 is 1.32 bits per heavy atom. The first kappa shape index (κ1) is 15.6. The molecule has 2 atom stereocenters. The number of likely N-dealkylation sites (tertiary alicyclic amines) is 1. The number of hydrogen-bond acceptors (Lipinski definition) is 4. The third-order valence-electron chi connectivity index (χ3n) is 5.20.